The SMILES string of the molecule is CCOc1ncnc(N2CCS(=O)(=O)CC2)c1N. The molecule has 7 nitrogen and oxygen atoms in total. The Morgan fingerprint density at radius 3 is 2.67 bits per heavy atom. The Morgan fingerprint density at radius 1 is 1.39 bits per heavy atom. The van der Waals surface area contributed by atoms with Crippen molar-refractivity contribution in [2.45, 2.75) is 6.92 Å². The van der Waals surface area contributed by atoms with Gasteiger partial charge in [-0.2, -0.15) is 4.98 Å². The van der Waals surface area contributed by atoms with Crippen LogP contribution in [0.25, 0.3) is 0 Å². The minimum atomic E-state index is -2.91. The Bertz CT molecular complexity index is 518. The van der Waals surface area contributed by atoms with Crippen molar-refractivity contribution in [1.82, 2.24) is 9.97 Å². The molecule has 1 aromatic rings. The largest absolute Gasteiger partial charge is 0.476 e. The molecule has 0 bridgehead atoms. The number of hydrogen-bond acceptors (Lipinski definition) is 7. The number of nitrogen functional groups attached to an aromatic ring is 1. The Balaban J connectivity index is 2.21. The molecule has 8 heteroatoms. The van der Waals surface area contributed by atoms with Crippen molar-refractivity contribution in [3.63, 3.8) is 0 Å². The van der Waals surface area contributed by atoms with Crippen LogP contribution in [0.1, 0.15) is 6.92 Å². The highest BCUT2D eigenvalue weighted by Crippen LogP contribution is 2.28. The molecule has 1 saturated heterocycles. The molecule has 0 saturated carbocycles. The van der Waals surface area contributed by atoms with Crippen LogP contribution in [0.2, 0.25) is 0 Å². The molecule has 2 heterocycles. The standard InChI is InChI=1S/C10H16N4O3S/c1-2-17-10-8(11)9(12-7-13-10)14-3-5-18(15,16)6-4-14/h7H,2-6,11H2,1H3. The second-order valence-corrected chi connectivity index (χ2v) is 6.29. The summed E-state index contributed by atoms with van der Waals surface area (Å²) in [5, 5.41) is 0. The van der Waals surface area contributed by atoms with E-state index in [1.807, 2.05) is 11.8 Å². The van der Waals surface area contributed by atoms with Gasteiger partial charge in [0.05, 0.1) is 18.1 Å². The highest BCUT2D eigenvalue weighted by atomic mass is 32.2. The van der Waals surface area contributed by atoms with Crippen LogP contribution in [0.5, 0.6) is 5.88 Å². The average Bonchev–Trinajstić information content (AvgIpc) is 2.33. The van der Waals surface area contributed by atoms with Crippen LogP contribution >= 0.6 is 0 Å². The highest BCUT2D eigenvalue weighted by Gasteiger charge is 2.24. The van der Waals surface area contributed by atoms with E-state index in [0.29, 0.717) is 37.1 Å². The molecule has 1 aliphatic heterocycles. The Hall–Kier alpha value is -1.57. The first-order valence-corrected chi connectivity index (χ1v) is 7.54. The predicted molar refractivity (Wildman–Crippen MR) is 68.5 cm³/mol. The zero-order valence-electron chi connectivity index (χ0n) is 10.2. The molecule has 1 aliphatic rings. The molecule has 2 N–H and O–H groups in total. The molecular formula is C10H16N4O3S. The number of nitrogens with two attached hydrogens (primary N) is 1. The summed E-state index contributed by atoms with van der Waals surface area (Å²) in [7, 11) is -2.91. The summed E-state index contributed by atoms with van der Waals surface area (Å²) in [4.78, 5) is 9.90. The topological polar surface area (TPSA) is 98.4 Å². The molecule has 100 valence electrons. The van der Waals surface area contributed by atoms with Gasteiger partial charge in [-0.3, -0.25) is 0 Å². The van der Waals surface area contributed by atoms with Gasteiger partial charge in [0.15, 0.2) is 15.7 Å². The van der Waals surface area contributed by atoms with E-state index in [1.54, 1.807) is 0 Å². The van der Waals surface area contributed by atoms with Crippen LogP contribution in [0.3, 0.4) is 0 Å². The maximum atomic E-state index is 11.4. The van der Waals surface area contributed by atoms with E-state index in [4.69, 9.17) is 10.5 Å². The number of hydrogen-bond donors (Lipinski definition) is 1. The van der Waals surface area contributed by atoms with Gasteiger partial charge in [-0.25, -0.2) is 13.4 Å². The highest BCUT2D eigenvalue weighted by molar-refractivity contribution is 7.91. The quantitative estimate of drug-likeness (QED) is 0.806. The first-order chi connectivity index (χ1) is 8.53. The second kappa shape index (κ2) is 4.97. The fraction of sp³-hybridized carbons (Fsp3) is 0.600. The normalized spacial score (nSPS) is 18.6. The van der Waals surface area contributed by atoms with Crippen molar-refractivity contribution in [3.8, 4) is 5.88 Å². The van der Waals surface area contributed by atoms with Gasteiger partial charge < -0.3 is 15.4 Å². The van der Waals surface area contributed by atoms with E-state index in [0.717, 1.165) is 0 Å². The maximum Gasteiger partial charge on any atom is 0.242 e. The minimum Gasteiger partial charge on any atom is -0.476 e. The lowest BCUT2D eigenvalue weighted by molar-refractivity contribution is 0.328. The molecule has 0 atom stereocenters. The number of ether oxygens (including phenoxy) is 1. The summed E-state index contributed by atoms with van der Waals surface area (Å²) >= 11 is 0. The van der Waals surface area contributed by atoms with E-state index in [9.17, 15) is 8.42 Å². The van der Waals surface area contributed by atoms with Gasteiger partial charge in [0, 0.05) is 13.1 Å². The van der Waals surface area contributed by atoms with Crippen LogP contribution in [0, 0.1) is 0 Å². The summed E-state index contributed by atoms with van der Waals surface area (Å²) in [6, 6.07) is 0. The summed E-state index contributed by atoms with van der Waals surface area (Å²) < 4.78 is 28.0. The number of aromatic nitrogens is 2. The van der Waals surface area contributed by atoms with Gasteiger partial charge in [0.2, 0.25) is 5.88 Å². The van der Waals surface area contributed by atoms with Crippen LogP contribution in [-0.4, -0.2) is 49.6 Å². The van der Waals surface area contributed by atoms with Gasteiger partial charge in [-0.05, 0) is 6.92 Å². The van der Waals surface area contributed by atoms with Gasteiger partial charge in [0.25, 0.3) is 0 Å². The Labute approximate surface area is 106 Å². The smallest absolute Gasteiger partial charge is 0.242 e. The van der Waals surface area contributed by atoms with Crippen molar-refractivity contribution >= 4 is 21.3 Å². The van der Waals surface area contributed by atoms with E-state index < -0.39 is 9.84 Å². The lowest BCUT2D eigenvalue weighted by Crippen LogP contribution is -2.41. The van der Waals surface area contributed by atoms with E-state index in [-0.39, 0.29) is 11.5 Å². The van der Waals surface area contributed by atoms with Crippen LogP contribution in [0.15, 0.2) is 6.33 Å². The number of anilines is 2. The zero-order valence-corrected chi connectivity index (χ0v) is 11.0. The summed E-state index contributed by atoms with van der Waals surface area (Å²) in [5.41, 5.74) is 6.29. The first-order valence-electron chi connectivity index (χ1n) is 5.72. The van der Waals surface area contributed by atoms with Gasteiger partial charge >= 0.3 is 0 Å². The van der Waals surface area contributed by atoms with Crippen LogP contribution in [-0.2, 0) is 9.84 Å². The molecular weight excluding hydrogens is 256 g/mol. The van der Waals surface area contributed by atoms with E-state index >= 15 is 0 Å². The molecule has 2 rings (SSSR count). The fourth-order valence-corrected chi connectivity index (χ4v) is 3.00. The third kappa shape index (κ3) is 2.63. The van der Waals surface area contributed by atoms with Gasteiger partial charge in [-0.15, -0.1) is 0 Å². The average molecular weight is 272 g/mol. The molecule has 0 aromatic carbocycles. The van der Waals surface area contributed by atoms with Crippen LogP contribution < -0.4 is 15.4 Å². The molecule has 0 aliphatic carbocycles. The molecule has 18 heavy (non-hydrogen) atoms. The maximum absolute atomic E-state index is 11.4. The number of sulfone groups is 1. The molecule has 1 aromatic heterocycles. The Kier molecular flexibility index (Phi) is 3.55. The molecule has 0 spiro atoms. The zero-order chi connectivity index (χ0) is 13.2. The summed E-state index contributed by atoms with van der Waals surface area (Å²) in [6.07, 6.45) is 1.37. The van der Waals surface area contributed by atoms with E-state index in [2.05, 4.69) is 9.97 Å². The molecule has 0 unspecified atom stereocenters. The van der Waals surface area contributed by atoms with Crippen molar-refractivity contribution in [2.24, 2.45) is 0 Å². The summed E-state index contributed by atoms with van der Waals surface area (Å²) in [5.74, 6) is 1.14. The van der Waals surface area contributed by atoms with Crippen molar-refractivity contribution < 1.29 is 13.2 Å². The monoisotopic (exact) mass is 272 g/mol. The van der Waals surface area contributed by atoms with Crippen LogP contribution in [0.4, 0.5) is 11.5 Å². The number of nitrogens with zero attached hydrogens (tertiary/aromatic N) is 3. The molecule has 1 fully saturated rings. The van der Waals surface area contributed by atoms with E-state index in [1.165, 1.54) is 6.33 Å². The van der Waals surface area contributed by atoms with Gasteiger partial charge in [0.1, 0.15) is 12.0 Å². The van der Waals surface area contributed by atoms with Crippen molar-refractivity contribution in [1.29, 1.82) is 0 Å². The lowest BCUT2D eigenvalue weighted by atomic mass is 10.4. The molecule has 0 amide bonds. The van der Waals surface area contributed by atoms with Crippen molar-refractivity contribution in [3.05, 3.63) is 6.33 Å². The summed E-state index contributed by atoms with van der Waals surface area (Å²) in [6.45, 7) is 3.11. The predicted octanol–water partition coefficient (Wildman–Crippen LogP) is -0.308. The fourth-order valence-electron chi connectivity index (χ4n) is 1.80. The van der Waals surface area contributed by atoms with Crippen molar-refractivity contribution in [2.75, 3.05) is 41.8 Å². The third-order valence-electron chi connectivity index (χ3n) is 2.75. The minimum absolute atomic E-state index is 0.125. The second-order valence-electron chi connectivity index (χ2n) is 3.99. The van der Waals surface area contributed by atoms with Gasteiger partial charge in [-0.1, -0.05) is 0 Å². The number of rotatable bonds is 3. The molecule has 0 radical (unpaired) electrons. The first kappa shape index (κ1) is 12.9. The Morgan fingerprint density at radius 2 is 2.06 bits per heavy atom. The third-order valence-corrected chi connectivity index (χ3v) is 4.36. The lowest BCUT2D eigenvalue weighted by Gasteiger charge is -2.28.